The zero-order valence-electron chi connectivity index (χ0n) is 11.3. The standard InChI is InChI=1S/C15H23ClN2/c1-11-4-3-7-18(10-11)15-6-5-13(8-12(2)17)9-14(15)16/h5-6,9,11-12H,3-4,7-8,10,17H2,1-2H3. The molecule has 1 aliphatic rings. The number of benzene rings is 1. The zero-order valence-corrected chi connectivity index (χ0v) is 12.1. The van der Waals surface area contributed by atoms with Crippen LogP contribution in [0.25, 0.3) is 0 Å². The van der Waals surface area contributed by atoms with Gasteiger partial charge in [0.1, 0.15) is 0 Å². The Hall–Kier alpha value is -0.730. The normalized spacial score (nSPS) is 22.0. The Labute approximate surface area is 115 Å². The summed E-state index contributed by atoms with van der Waals surface area (Å²) in [5, 5.41) is 0.863. The Balaban J connectivity index is 2.13. The molecule has 0 spiro atoms. The quantitative estimate of drug-likeness (QED) is 0.908. The molecule has 1 aliphatic heterocycles. The summed E-state index contributed by atoms with van der Waals surface area (Å²) >= 11 is 6.41. The molecule has 2 N–H and O–H groups in total. The van der Waals surface area contributed by atoms with Gasteiger partial charge < -0.3 is 10.6 Å². The number of hydrogen-bond donors (Lipinski definition) is 1. The molecule has 3 heteroatoms. The summed E-state index contributed by atoms with van der Waals surface area (Å²) in [4.78, 5) is 2.41. The van der Waals surface area contributed by atoms with E-state index in [0.29, 0.717) is 0 Å². The molecule has 0 amide bonds. The summed E-state index contributed by atoms with van der Waals surface area (Å²) < 4.78 is 0. The topological polar surface area (TPSA) is 29.3 Å². The molecule has 0 saturated carbocycles. The number of rotatable bonds is 3. The van der Waals surface area contributed by atoms with E-state index in [4.69, 9.17) is 17.3 Å². The lowest BCUT2D eigenvalue weighted by atomic mass is 9.99. The van der Waals surface area contributed by atoms with Crippen molar-refractivity contribution in [2.75, 3.05) is 18.0 Å². The van der Waals surface area contributed by atoms with Gasteiger partial charge in [0.2, 0.25) is 0 Å². The van der Waals surface area contributed by atoms with Gasteiger partial charge in [0, 0.05) is 19.1 Å². The Bertz CT molecular complexity index is 403. The van der Waals surface area contributed by atoms with Gasteiger partial charge in [-0.2, -0.15) is 0 Å². The van der Waals surface area contributed by atoms with Crippen molar-refractivity contribution in [3.05, 3.63) is 28.8 Å². The third-order valence-electron chi connectivity index (χ3n) is 3.57. The fraction of sp³-hybridized carbons (Fsp3) is 0.600. The Morgan fingerprint density at radius 1 is 1.50 bits per heavy atom. The number of hydrogen-bond acceptors (Lipinski definition) is 2. The van der Waals surface area contributed by atoms with Crippen molar-refractivity contribution in [1.29, 1.82) is 0 Å². The summed E-state index contributed by atoms with van der Waals surface area (Å²) in [5.41, 5.74) is 8.22. The first-order chi connectivity index (χ1) is 8.56. The van der Waals surface area contributed by atoms with Crippen LogP contribution in [0.1, 0.15) is 32.3 Å². The molecule has 1 aromatic rings. The molecular formula is C15H23ClN2. The van der Waals surface area contributed by atoms with Gasteiger partial charge in [0.05, 0.1) is 10.7 Å². The van der Waals surface area contributed by atoms with Crippen molar-refractivity contribution in [3.63, 3.8) is 0 Å². The second-order valence-corrected chi connectivity index (χ2v) is 6.07. The highest BCUT2D eigenvalue weighted by Crippen LogP contribution is 2.30. The van der Waals surface area contributed by atoms with Crippen molar-refractivity contribution in [1.82, 2.24) is 0 Å². The van der Waals surface area contributed by atoms with Crippen LogP contribution in [0.2, 0.25) is 5.02 Å². The first-order valence-electron chi connectivity index (χ1n) is 6.85. The van der Waals surface area contributed by atoms with Crippen LogP contribution in [-0.2, 0) is 6.42 Å². The van der Waals surface area contributed by atoms with Crippen LogP contribution in [0, 0.1) is 5.92 Å². The van der Waals surface area contributed by atoms with E-state index in [-0.39, 0.29) is 6.04 Å². The Morgan fingerprint density at radius 2 is 2.28 bits per heavy atom. The van der Waals surface area contributed by atoms with E-state index in [2.05, 4.69) is 30.0 Å². The van der Waals surface area contributed by atoms with Crippen LogP contribution in [-0.4, -0.2) is 19.1 Å². The lowest BCUT2D eigenvalue weighted by Crippen LogP contribution is -2.34. The highest BCUT2D eigenvalue weighted by atomic mass is 35.5. The third-order valence-corrected chi connectivity index (χ3v) is 3.87. The van der Waals surface area contributed by atoms with E-state index in [1.807, 2.05) is 6.92 Å². The number of anilines is 1. The Kier molecular flexibility index (Phi) is 4.52. The van der Waals surface area contributed by atoms with Crippen molar-refractivity contribution in [2.45, 2.75) is 39.2 Å². The molecule has 1 fully saturated rings. The van der Waals surface area contributed by atoms with Gasteiger partial charge in [-0.05, 0) is 49.8 Å². The molecule has 0 bridgehead atoms. The van der Waals surface area contributed by atoms with Crippen LogP contribution in [0.4, 0.5) is 5.69 Å². The number of halogens is 1. The fourth-order valence-corrected chi connectivity index (χ4v) is 3.04. The highest BCUT2D eigenvalue weighted by molar-refractivity contribution is 6.33. The first-order valence-corrected chi connectivity index (χ1v) is 7.23. The summed E-state index contributed by atoms with van der Waals surface area (Å²) in [5.74, 6) is 0.763. The maximum absolute atomic E-state index is 6.41. The summed E-state index contributed by atoms with van der Waals surface area (Å²) in [6.07, 6.45) is 3.48. The molecule has 2 nitrogen and oxygen atoms in total. The van der Waals surface area contributed by atoms with E-state index < -0.39 is 0 Å². The van der Waals surface area contributed by atoms with Gasteiger partial charge in [-0.3, -0.25) is 0 Å². The van der Waals surface area contributed by atoms with Gasteiger partial charge in [0.15, 0.2) is 0 Å². The minimum Gasteiger partial charge on any atom is -0.370 e. The minimum absolute atomic E-state index is 0.182. The zero-order chi connectivity index (χ0) is 13.1. The maximum Gasteiger partial charge on any atom is 0.0642 e. The predicted octanol–water partition coefficient (Wildman–Crippen LogP) is 3.47. The molecule has 0 aliphatic carbocycles. The van der Waals surface area contributed by atoms with Crippen molar-refractivity contribution >= 4 is 17.3 Å². The average Bonchev–Trinajstić information content (AvgIpc) is 2.28. The monoisotopic (exact) mass is 266 g/mol. The van der Waals surface area contributed by atoms with E-state index in [9.17, 15) is 0 Å². The van der Waals surface area contributed by atoms with Gasteiger partial charge in [0.25, 0.3) is 0 Å². The lowest BCUT2D eigenvalue weighted by Gasteiger charge is -2.33. The minimum atomic E-state index is 0.182. The first kappa shape index (κ1) is 13.7. The van der Waals surface area contributed by atoms with E-state index in [0.717, 1.165) is 30.5 Å². The lowest BCUT2D eigenvalue weighted by molar-refractivity contribution is 0.447. The summed E-state index contributed by atoms with van der Waals surface area (Å²) in [6, 6.07) is 6.56. The van der Waals surface area contributed by atoms with Gasteiger partial charge in [-0.25, -0.2) is 0 Å². The predicted molar refractivity (Wildman–Crippen MR) is 79.4 cm³/mol. The van der Waals surface area contributed by atoms with Crippen LogP contribution in [0.5, 0.6) is 0 Å². The number of piperidine rings is 1. The molecule has 18 heavy (non-hydrogen) atoms. The third kappa shape index (κ3) is 3.39. The molecule has 2 unspecified atom stereocenters. The van der Waals surface area contributed by atoms with Crippen molar-refractivity contribution < 1.29 is 0 Å². The van der Waals surface area contributed by atoms with E-state index in [1.54, 1.807) is 0 Å². The van der Waals surface area contributed by atoms with Crippen molar-refractivity contribution in [2.24, 2.45) is 11.7 Å². The van der Waals surface area contributed by atoms with Gasteiger partial charge >= 0.3 is 0 Å². The summed E-state index contributed by atoms with van der Waals surface area (Å²) in [7, 11) is 0. The largest absolute Gasteiger partial charge is 0.370 e. The molecule has 1 saturated heterocycles. The number of nitrogens with zero attached hydrogens (tertiary/aromatic N) is 1. The molecule has 100 valence electrons. The molecule has 1 heterocycles. The maximum atomic E-state index is 6.41. The SMILES string of the molecule is CC(N)Cc1ccc(N2CCCC(C)C2)c(Cl)c1. The Morgan fingerprint density at radius 3 is 2.89 bits per heavy atom. The highest BCUT2D eigenvalue weighted by Gasteiger charge is 2.18. The van der Waals surface area contributed by atoms with E-state index in [1.165, 1.54) is 24.1 Å². The number of nitrogens with two attached hydrogens (primary N) is 1. The van der Waals surface area contributed by atoms with Gasteiger partial charge in [-0.1, -0.05) is 24.6 Å². The molecule has 0 radical (unpaired) electrons. The van der Waals surface area contributed by atoms with Crippen LogP contribution in [0.3, 0.4) is 0 Å². The molecule has 1 aromatic carbocycles. The van der Waals surface area contributed by atoms with Gasteiger partial charge in [-0.15, -0.1) is 0 Å². The summed E-state index contributed by atoms with van der Waals surface area (Å²) in [6.45, 7) is 6.57. The van der Waals surface area contributed by atoms with Crippen LogP contribution < -0.4 is 10.6 Å². The molecule has 2 rings (SSSR count). The van der Waals surface area contributed by atoms with Crippen LogP contribution in [0.15, 0.2) is 18.2 Å². The molecule has 2 atom stereocenters. The molecule has 0 aromatic heterocycles. The second-order valence-electron chi connectivity index (χ2n) is 5.66. The molecular weight excluding hydrogens is 244 g/mol. The van der Waals surface area contributed by atoms with E-state index >= 15 is 0 Å². The average molecular weight is 267 g/mol. The smallest absolute Gasteiger partial charge is 0.0642 e. The fourth-order valence-electron chi connectivity index (χ4n) is 2.71. The second kappa shape index (κ2) is 5.94. The van der Waals surface area contributed by atoms with Crippen molar-refractivity contribution in [3.8, 4) is 0 Å². The van der Waals surface area contributed by atoms with Crippen LogP contribution >= 0.6 is 11.6 Å².